The average Bonchev–Trinajstić information content (AvgIpc) is 2.64. The van der Waals surface area contributed by atoms with Gasteiger partial charge in [-0.3, -0.25) is 0 Å². The number of ether oxygens (including phenoxy) is 2. The molecule has 0 bridgehead atoms. The summed E-state index contributed by atoms with van der Waals surface area (Å²) in [4.78, 5) is 11.6. The lowest BCUT2D eigenvalue weighted by Crippen LogP contribution is -2.03. The van der Waals surface area contributed by atoms with E-state index in [1.165, 1.54) is 7.11 Å². The summed E-state index contributed by atoms with van der Waals surface area (Å²) >= 11 is 1.63. The topological polar surface area (TPSA) is 35.5 Å². The number of thiophene rings is 1. The monoisotopic (exact) mass is 198 g/mol. The van der Waals surface area contributed by atoms with E-state index in [9.17, 15) is 4.79 Å². The average molecular weight is 198 g/mol. The van der Waals surface area contributed by atoms with Crippen LogP contribution in [0.4, 0.5) is 4.79 Å². The normalized spacial score (nSPS) is 10.2. The molecule has 4 heteroatoms. The van der Waals surface area contributed by atoms with E-state index in [0.29, 0.717) is 0 Å². The van der Waals surface area contributed by atoms with Gasteiger partial charge in [0.1, 0.15) is 6.61 Å². The first-order valence-corrected chi connectivity index (χ1v) is 4.61. The van der Waals surface area contributed by atoms with E-state index in [0.717, 1.165) is 4.88 Å². The van der Waals surface area contributed by atoms with Crippen molar-refractivity contribution in [3.8, 4) is 0 Å². The molecule has 0 aromatic carbocycles. The van der Waals surface area contributed by atoms with Crippen LogP contribution in [-0.2, 0) is 9.47 Å². The SMILES string of the molecule is COC(=O)OC/C=C/c1cccs1. The Morgan fingerprint density at radius 2 is 2.54 bits per heavy atom. The highest BCUT2D eigenvalue weighted by molar-refractivity contribution is 7.10. The highest BCUT2D eigenvalue weighted by Gasteiger charge is 1.95. The summed E-state index contributed by atoms with van der Waals surface area (Å²) in [5.41, 5.74) is 0. The summed E-state index contributed by atoms with van der Waals surface area (Å²) in [5.74, 6) is 0. The molecule has 1 rings (SSSR count). The Hall–Kier alpha value is -1.29. The second kappa shape index (κ2) is 5.37. The van der Waals surface area contributed by atoms with Crippen LogP contribution >= 0.6 is 11.3 Å². The molecule has 13 heavy (non-hydrogen) atoms. The van der Waals surface area contributed by atoms with Gasteiger partial charge in [0, 0.05) is 4.88 Å². The number of hydrogen-bond donors (Lipinski definition) is 0. The van der Waals surface area contributed by atoms with E-state index in [-0.39, 0.29) is 6.61 Å². The second-order valence-corrected chi connectivity index (χ2v) is 3.16. The van der Waals surface area contributed by atoms with Gasteiger partial charge in [-0.05, 0) is 23.6 Å². The van der Waals surface area contributed by atoms with Gasteiger partial charge >= 0.3 is 6.16 Å². The Kier molecular flexibility index (Phi) is 4.05. The van der Waals surface area contributed by atoms with Gasteiger partial charge in [0.25, 0.3) is 0 Å². The summed E-state index contributed by atoms with van der Waals surface area (Å²) < 4.78 is 8.94. The van der Waals surface area contributed by atoms with E-state index in [1.54, 1.807) is 17.4 Å². The predicted molar refractivity (Wildman–Crippen MR) is 51.7 cm³/mol. The van der Waals surface area contributed by atoms with E-state index in [1.807, 2.05) is 23.6 Å². The van der Waals surface area contributed by atoms with Gasteiger partial charge in [-0.1, -0.05) is 6.07 Å². The second-order valence-electron chi connectivity index (χ2n) is 2.18. The fourth-order valence-corrected chi connectivity index (χ4v) is 1.37. The molecule has 1 aromatic heterocycles. The molecule has 0 amide bonds. The zero-order chi connectivity index (χ0) is 9.52. The fourth-order valence-electron chi connectivity index (χ4n) is 0.725. The maximum absolute atomic E-state index is 10.5. The molecule has 0 saturated heterocycles. The van der Waals surface area contributed by atoms with Crippen molar-refractivity contribution in [1.29, 1.82) is 0 Å². The zero-order valence-corrected chi connectivity index (χ0v) is 8.04. The van der Waals surface area contributed by atoms with Crippen LogP contribution in [0.5, 0.6) is 0 Å². The first-order valence-electron chi connectivity index (χ1n) is 3.73. The van der Waals surface area contributed by atoms with E-state index in [4.69, 9.17) is 0 Å². The lowest BCUT2D eigenvalue weighted by molar-refractivity contribution is 0.0819. The Bertz CT molecular complexity index is 277. The van der Waals surface area contributed by atoms with Crippen LogP contribution in [0.2, 0.25) is 0 Å². The minimum atomic E-state index is -0.657. The third kappa shape index (κ3) is 3.75. The van der Waals surface area contributed by atoms with Gasteiger partial charge < -0.3 is 9.47 Å². The standard InChI is InChI=1S/C9H10O3S/c1-11-9(10)12-6-2-4-8-5-3-7-13-8/h2-5,7H,6H2,1H3/b4-2+. The molecule has 0 aliphatic carbocycles. The van der Waals surface area contributed by atoms with Crippen molar-refractivity contribution < 1.29 is 14.3 Å². The molecule has 0 unspecified atom stereocenters. The van der Waals surface area contributed by atoms with Crippen LogP contribution in [0.3, 0.4) is 0 Å². The summed E-state index contributed by atoms with van der Waals surface area (Å²) in [5, 5.41) is 1.99. The maximum Gasteiger partial charge on any atom is 0.508 e. The van der Waals surface area contributed by atoms with Crippen LogP contribution < -0.4 is 0 Å². The summed E-state index contributed by atoms with van der Waals surface area (Å²) in [6, 6.07) is 3.95. The van der Waals surface area contributed by atoms with Crippen LogP contribution in [0, 0.1) is 0 Å². The maximum atomic E-state index is 10.5. The number of rotatable bonds is 3. The Morgan fingerprint density at radius 3 is 3.15 bits per heavy atom. The predicted octanol–water partition coefficient (Wildman–Crippen LogP) is 2.54. The minimum Gasteiger partial charge on any atom is -0.438 e. The Balaban J connectivity index is 2.23. The first-order chi connectivity index (χ1) is 6.33. The summed E-state index contributed by atoms with van der Waals surface area (Å²) in [7, 11) is 1.28. The third-order valence-corrected chi connectivity index (χ3v) is 2.13. The van der Waals surface area contributed by atoms with Gasteiger partial charge in [0.15, 0.2) is 0 Å². The van der Waals surface area contributed by atoms with Gasteiger partial charge in [-0.25, -0.2) is 4.79 Å². The molecule has 0 saturated carbocycles. The van der Waals surface area contributed by atoms with Crippen molar-refractivity contribution in [2.75, 3.05) is 13.7 Å². The van der Waals surface area contributed by atoms with Crippen molar-refractivity contribution >= 4 is 23.6 Å². The summed E-state index contributed by atoms with van der Waals surface area (Å²) in [6.07, 6.45) is 3.01. The van der Waals surface area contributed by atoms with E-state index < -0.39 is 6.16 Å². The largest absolute Gasteiger partial charge is 0.508 e. The third-order valence-electron chi connectivity index (χ3n) is 1.29. The lowest BCUT2D eigenvalue weighted by atomic mass is 10.4. The highest BCUT2D eigenvalue weighted by atomic mass is 32.1. The van der Waals surface area contributed by atoms with Gasteiger partial charge in [0.2, 0.25) is 0 Å². The van der Waals surface area contributed by atoms with Crippen molar-refractivity contribution in [2.45, 2.75) is 0 Å². The van der Waals surface area contributed by atoms with Crippen molar-refractivity contribution in [3.05, 3.63) is 28.5 Å². The molecule has 3 nitrogen and oxygen atoms in total. The minimum absolute atomic E-state index is 0.241. The fraction of sp³-hybridized carbons (Fsp3) is 0.222. The number of carbonyl (C=O) groups is 1. The van der Waals surface area contributed by atoms with Crippen molar-refractivity contribution in [2.24, 2.45) is 0 Å². The molecular weight excluding hydrogens is 188 g/mol. The van der Waals surface area contributed by atoms with Crippen LogP contribution in [0.15, 0.2) is 23.6 Å². The number of hydrogen-bond acceptors (Lipinski definition) is 4. The molecule has 0 aliphatic rings. The van der Waals surface area contributed by atoms with Crippen LogP contribution in [0.1, 0.15) is 4.88 Å². The van der Waals surface area contributed by atoms with Crippen LogP contribution in [0.25, 0.3) is 6.08 Å². The quantitative estimate of drug-likeness (QED) is 0.700. The summed E-state index contributed by atoms with van der Waals surface area (Å²) in [6.45, 7) is 0.241. The van der Waals surface area contributed by atoms with Gasteiger partial charge in [0.05, 0.1) is 7.11 Å². The van der Waals surface area contributed by atoms with E-state index in [2.05, 4.69) is 9.47 Å². The molecule has 70 valence electrons. The molecular formula is C9H10O3S. The lowest BCUT2D eigenvalue weighted by Gasteiger charge is -1.96. The number of methoxy groups -OCH3 is 1. The first kappa shape index (κ1) is 9.80. The van der Waals surface area contributed by atoms with E-state index >= 15 is 0 Å². The highest BCUT2D eigenvalue weighted by Crippen LogP contribution is 2.09. The molecule has 0 fully saturated rings. The smallest absolute Gasteiger partial charge is 0.438 e. The van der Waals surface area contributed by atoms with Crippen molar-refractivity contribution in [3.63, 3.8) is 0 Å². The molecule has 1 heterocycles. The van der Waals surface area contributed by atoms with Crippen LogP contribution in [-0.4, -0.2) is 19.9 Å². The molecule has 0 atom stereocenters. The van der Waals surface area contributed by atoms with Gasteiger partial charge in [-0.15, -0.1) is 11.3 Å². The van der Waals surface area contributed by atoms with Crippen molar-refractivity contribution in [1.82, 2.24) is 0 Å². The molecule has 0 aliphatic heterocycles. The molecule has 0 radical (unpaired) electrons. The molecule has 0 N–H and O–H groups in total. The zero-order valence-electron chi connectivity index (χ0n) is 7.23. The van der Waals surface area contributed by atoms with Gasteiger partial charge in [-0.2, -0.15) is 0 Å². The number of carbonyl (C=O) groups excluding carboxylic acids is 1. The molecule has 0 spiro atoms. The molecule has 1 aromatic rings. The Labute approximate surface area is 80.6 Å². The Morgan fingerprint density at radius 1 is 1.69 bits per heavy atom.